The summed E-state index contributed by atoms with van der Waals surface area (Å²) in [5, 5.41) is 18.6. The molecule has 2 aromatic rings. The van der Waals surface area contributed by atoms with Crippen LogP contribution >= 0.6 is 0 Å². The molecule has 0 bridgehead atoms. The van der Waals surface area contributed by atoms with Gasteiger partial charge >= 0.3 is 0 Å². The van der Waals surface area contributed by atoms with Gasteiger partial charge in [0.2, 0.25) is 0 Å². The SMILES string of the molecule is N/C(=N/O)c1cccc(CNCc2ccon2)c1. The Labute approximate surface area is 104 Å². The van der Waals surface area contributed by atoms with Gasteiger partial charge in [-0.05, 0) is 11.6 Å². The van der Waals surface area contributed by atoms with Crippen LogP contribution in [0, 0.1) is 0 Å². The number of hydrogen-bond donors (Lipinski definition) is 3. The zero-order chi connectivity index (χ0) is 12.8. The minimum absolute atomic E-state index is 0.105. The number of nitrogens with two attached hydrogens (primary N) is 1. The monoisotopic (exact) mass is 246 g/mol. The highest BCUT2D eigenvalue weighted by Gasteiger charge is 2.01. The molecule has 0 amide bonds. The first kappa shape index (κ1) is 12.1. The molecule has 1 aromatic heterocycles. The van der Waals surface area contributed by atoms with Crippen LogP contribution < -0.4 is 11.1 Å². The van der Waals surface area contributed by atoms with Crippen LogP contribution in [0.3, 0.4) is 0 Å². The molecule has 0 unspecified atom stereocenters. The molecule has 0 aliphatic carbocycles. The summed E-state index contributed by atoms with van der Waals surface area (Å²) in [5.41, 5.74) is 8.11. The van der Waals surface area contributed by atoms with Gasteiger partial charge in [-0.2, -0.15) is 0 Å². The number of oxime groups is 1. The largest absolute Gasteiger partial charge is 0.409 e. The van der Waals surface area contributed by atoms with Gasteiger partial charge in [-0.1, -0.05) is 28.5 Å². The quantitative estimate of drug-likeness (QED) is 0.317. The average molecular weight is 246 g/mol. The van der Waals surface area contributed by atoms with Crippen LogP contribution in [0.1, 0.15) is 16.8 Å². The topological polar surface area (TPSA) is 96.7 Å². The minimum Gasteiger partial charge on any atom is -0.409 e. The molecule has 0 radical (unpaired) electrons. The normalized spacial score (nSPS) is 11.7. The van der Waals surface area contributed by atoms with E-state index in [-0.39, 0.29) is 5.84 Å². The highest BCUT2D eigenvalue weighted by atomic mass is 16.5. The van der Waals surface area contributed by atoms with Crippen molar-refractivity contribution in [1.82, 2.24) is 10.5 Å². The van der Waals surface area contributed by atoms with E-state index in [1.807, 2.05) is 18.2 Å². The van der Waals surface area contributed by atoms with Gasteiger partial charge in [0.15, 0.2) is 5.84 Å². The number of nitrogens with zero attached hydrogens (tertiary/aromatic N) is 2. The van der Waals surface area contributed by atoms with Gasteiger partial charge in [0.25, 0.3) is 0 Å². The van der Waals surface area contributed by atoms with Crippen molar-refractivity contribution in [2.24, 2.45) is 10.9 Å². The van der Waals surface area contributed by atoms with Crippen molar-refractivity contribution in [3.8, 4) is 0 Å². The lowest BCUT2D eigenvalue weighted by Gasteiger charge is -2.05. The van der Waals surface area contributed by atoms with Gasteiger partial charge in [0.05, 0.1) is 5.69 Å². The summed E-state index contributed by atoms with van der Waals surface area (Å²) in [7, 11) is 0. The van der Waals surface area contributed by atoms with E-state index in [1.54, 1.807) is 12.1 Å². The lowest BCUT2D eigenvalue weighted by molar-refractivity contribution is 0.318. The maximum atomic E-state index is 8.61. The van der Waals surface area contributed by atoms with Crippen LogP contribution in [0.15, 0.2) is 46.3 Å². The van der Waals surface area contributed by atoms with Crippen LogP contribution in [0.4, 0.5) is 0 Å². The number of benzene rings is 1. The molecule has 0 spiro atoms. The van der Waals surface area contributed by atoms with Gasteiger partial charge in [-0.15, -0.1) is 0 Å². The van der Waals surface area contributed by atoms with Crippen LogP contribution in [-0.4, -0.2) is 16.2 Å². The summed E-state index contributed by atoms with van der Waals surface area (Å²) in [5.74, 6) is 0.105. The first-order valence-electron chi connectivity index (χ1n) is 5.46. The molecule has 0 aliphatic heterocycles. The molecule has 6 nitrogen and oxygen atoms in total. The van der Waals surface area contributed by atoms with Gasteiger partial charge in [0, 0.05) is 24.7 Å². The van der Waals surface area contributed by atoms with E-state index in [9.17, 15) is 0 Å². The van der Waals surface area contributed by atoms with Crippen molar-refractivity contribution < 1.29 is 9.73 Å². The van der Waals surface area contributed by atoms with Crippen molar-refractivity contribution in [2.75, 3.05) is 0 Å². The summed E-state index contributed by atoms with van der Waals surface area (Å²) in [6, 6.07) is 9.28. The Bertz CT molecular complexity index is 523. The summed E-state index contributed by atoms with van der Waals surface area (Å²) in [6.45, 7) is 1.30. The summed E-state index contributed by atoms with van der Waals surface area (Å²) >= 11 is 0. The van der Waals surface area contributed by atoms with E-state index in [1.165, 1.54) is 6.26 Å². The van der Waals surface area contributed by atoms with E-state index < -0.39 is 0 Å². The van der Waals surface area contributed by atoms with Gasteiger partial charge in [-0.25, -0.2) is 0 Å². The van der Waals surface area contributed by atoms with Crippen LogP contribution in [0.2, 0.25) is 0 Å². The van der Waals surface area contributed by atoms with Crippen LogP contribution in [-0.2, 0) is 13.1 Å². The number of rotatable bonds is 5. The Morgan fingerprint density at radius 2 is 2.28 bits per heavy atom. The second-order valence-electron chi connectivity index (χ2n) is 3.78. The van der Waals surface area contributed by atoms with Crippen molar-refractivity contribution in [1.29, 1.82) is 0 Å². The first-order chi connectivity index (χ1) is 8.79. The van der Waals surface area contributed by atoms with Crippen molar-refractivity contribution in [3.05, 3.63) is 53.4 Å². The molecule has 18 heavy (non-hydrogen) atoms. The molecule has 0 fully saturated rings. The fourth-order valence-corrected chi connectivity index (χ4v) is 1.56. The van der Waals surface area contributed by atoms with E-state index in [0.717, 1.165) is 11.3 Å². The molecule has 4 N–H and O–H groups in total. The van der Waals surface area contributed by atoms with Crippen molar-refractivity contribution >= 4 is 5.84 Å². The fourth-order valence-electron chi connectivity index (χ4n) is 1.56. The van der Waals surface area contributed by atoms with Gasteiger partial charge in [0.1, 0.15) is 6.26 Å². The van der Waals surface area contributed by atoms with Crippen molar-refractivity contribution in [2.45, 2.75) is 13.1 Å². The summed E-state index contributed by atoms with van der Waals surface area (Å²) in [6.07, 6.45) is 1.54. The highest BCUT2D eigenvalue weighted by molar-refractivity contribution is 5.97. The first-order valence-corrected chi connectivity index (χ1v) is 5.46. The van der Waals surface area contributed by atoms with E-state index >= 15 is 0 Å². The van der Waals surface area contributed by atoms with Gasteiger partial charge < -0.3 is 20.8 Å². The Balaban J connectivity index is 1.93. The number of hydrogen-bond acceptors (Lipinski definition) is 5. The van der Waals surface area contributed by atoms with E-state index in [0.29, 0.717) is 18.7 Å². The Hall–Kier alpha value is -2.34. The molecule has 2 rings (SSSR count). The Kier molecular flexibility index (Phi) is 3.93. The molecule has 0 saturated carbocycles. The van der Waals surface area contributed by atoms with E-state index in [4.69, 9.17) is 15.5 Å². The third-order valence-corrected chi connectivity index (χ3v) is 2.46. The van der Waals surface area contributed by atoms with E-state index in [2.05, 4.69) is 15.6 Å². The molecular formula is C12H14N4O2. The third kappa shape index (κ3) is 3.08. The molecule has 0 atom stereocenters. The molecule has 1 heterocycles. The highest BCUT2D eigenvalue weighted by Crippen LogP contribution is 2.05. The summed E-state index contributed by atoms with van der Waals surface area (Å²) < 4.78 is 4.73. The Morgan fingerprint density at radius 1 is 1.39 bits per heavy atom. The standard InChI is InChI=1S/C12H14N4O2/c13-12(15-17)10-3-1-2-9(6-10)7-14-8-11-4-5-18-16-11/h1-6,14,17H,7-8H2,(H2,13,15). The molecular weight excluding hydrogens is 232 g/mol. The van der Waals surface area contributed by atoms with Gasteiger partial charge in [-0.3, -0.25) is 0 Å². The second kappa shape index (κ2) is 5.83. The Morgan fingerprint density at radius 3 is 3.00 bits per heavy atom. The molecule has 6 heteroatoms. The smallest absolute Gasteiger partial charge is 0.170 e. The lowest BCUT2D eigenvalue weighted by Crippen LogP contribution is -2.15. The molecule has 1 aromatic carbocycles. The number of nitrogens with one attached hydrogen (secondary N) is 1. The number of aromatic nitrogens is 1. The zero-order valence-electron chi connectivity index (χ0n) is 9.71. The minimum atomic E-state index is 0.105. The maximum Gasteiger partial charge on any atom is 0.170 e. The lowest BCUT2D eigenvalue weighted by atomic mass is 10.1. The van der Waals surface area contributed by atoms with Crippen LogP contribution in [0.5, 0.6) is 0 Å². The van der Waals surface area contributed by atoms with Crippen molar-refractivity contribution in [3.63, 3.8) is 0 Å². The zero-order valence-corrected chi connectivity index (χ0v) is 9.71. The average Bonchev–Trinajstić information content (AvgIpc) is 2.91. The third-order valence-electron chi connectivity index (χ3n) is 2.46. The predicted octanol–water partition coefficient (Wildman–Crippen LogP) is 1.06. The number of amidine groups is 1. The second-order valence-corrected chi connectivity index (χ2v) is 3.78. The summed E-state index contributed by atoms with van der Waals surface area (Å²) in [4.78, 5) is 0. The molecule has 94 valence electrons. The van der Waals surface area contributed by atoms with Crippen LogP contribution in [0.25, 0.3) is 0 Å². The molecule has 0 aliphatic rings. The molecule has 0 saturated heterocycles. The predicted molar refractivity (Wildman–Crippen MR) is 66.0 cm³/mol. The fraction of sp³-hybridized carbons (Fsp3) is 0.167. The maximum absolute atomic E-state index is 8.61.